The van der Waals surface area contributed by atoms with Gasteiger partial charge in [-0.25, -0.2) is 9.97 Å². The first-order valence-corrected chi connectivity index (χ1v) is 8.19. The summed E-state index contributed by atoms with van der Waals surface area (Å²) in [5, 5.41) is 2.91. The molecule has 3 aromatic heterocycles. The number of pyridine rings is 1. The molecular formula is C19H16N4O2. The second-order valence-electron chi connectivity index (χ2n) is 6.93. The molecule has 1 aliphatic heterocycles. The second kappa shape index (κ2) is 4.69. The molecule has 0 radical (unpaired) electrons. The first kappa shape index (κ1) is 14.2. The first-order valence-electron chi connectivity index (χ1n) is 8.19. The Balaban J connectivity index is 1.54. The lowest BCUT2D eigenvalue weighted by atomic mass is 9.86. The minimum absolute atomic E-state index is 0.0000712. The van der Waals surface area contributed by atoms with E-state index in [-0.39, 0.29) is 5.91 Å². The van der Waals surface area contributed by atoms with Crippen molar-refractivity contribution in [3.8, 4) is 0 Å². The van der Waals surface area contributed by atoms with E-state index in [1.807, 2.05) is 61.0 Å². The molecule has 5 rings (SSSR count). The van der Waals surface area contributed by atoms with Crippen LogP contribution in [0.4, 0.5) is 5.69 Å². The maximum absolute atomic E-state index is 12.1. The van der Waals surface area contributed by atoms with E-state index in [1.165, 1.54) is 0 Å². The molecule has 25 heavy (non-hydrogen) atoms. The van der Waals surface area contributed by atoms with E-state index in [0.717, 1.165) is 28.1 Å². The van der Waals surface area contributed by atoms with Gasteiger partial charge in [-0.15, -0.1) is 0 Å². The van der Waals surface area contributed by atoms with Gasteiger partial charge in [0.25, 0.3) is 0 Å². The minimum Gasteiger partial charge on any atom is -0.440 e. The number of amides is 1. The van der Waals surface area contributed by atoms with Crippen LogP contribution in [-0.2, 0) is 16.6 Å². The zero-order chi connectivity index (χ0) is 17.2. The molecule has 6 nitrogen and oxygen atoms in total. The lowest BCUT2D eigenvalue weighted by Gasteiger charge is -2.14. The SMILES string of the molecule is CC1(C)C(=O)Nc2cc3oc(Cc4cn5ccccc5n4)nc3cc21. The van der Waals surface area contributed by atoms with Crippen molar-refractivity contribution < 1.29 is 9.21 Å². The zero-order valence-electron chi connectivity index (χ0n) is 13.9. The molecule has 0 saturated heterocycles. The predicted octanol–water partition coefficient (Wildman–Crippen LogP) is 3.30. The Bertz CT molecular complexity index is 1120. The molecule has 0 aliphatic carbocycles. The molecule has 1 aliphatic rings. The Morgan fingerprint density at radius 3 is 2.96 bits per heavy atom. The number of hydrogen-bond donors (Lipinski definition) is 1. The van der Waals surface area contributed by atoms with Crippen LogP contribution < -0.4 is 5.32 Å². The molecule has 124 valence electrons. The average molecular weight is 332 g/mol. The molecule has 0 spiro atoms. The highest BCUT2D eigenvalue weighted by Crippen LogP contribution is 2.39. The molecule has 0 atom stereocenters. The molecular weight excluding hydrogens is 316 g/mol. The summed E-state index contributed by atoms with van der Waals surface area (Å²) in [6.07, 6.45) is 4.47. The third-order valence-electron chi connectivity index (χ3n) is 4.81. The van der Waals surface area contributed by atoms with Crippen LogP contribution in [0.15, 0.2) is 47.1 Å². The molecule has 0 fully saturated rings. The lowest BCUT2D eigenvalue weighted by molar-refractivity contribution is -0.119. The van der Waals surface area contributed by atoms with Gasteiger partial charge in [-0.3, -0.25) is 4.79 Å². The van der Waals surface area contributed by atoms with Crippen LogP contribution >= 0.6 is 0 Å². The van der Waals surface area contributed by atoms with E-state index in [4.69, 9.17) is 4.42 Å². The smallest absolute Gasteiger partial charge is 0.234 e. The van der Waals surface area contributed by atoms with Crippen LogP contribution in [0.5, 0.6) is 0 Å². The van der Waals surface area contributed by atoms with Gasteiger partial charge in [0.05, 0.1) is 17.5 Å². The van der Waals surface area contributed by atoms with Crippen LogP contribution in [0.3, 0.4) is 0 Å². The van der Waals surface area contributed by atoms with Crippen molar-refractivity contribution in [1.29, 1.82) is 0 Å². The van der Waals surface area contributed by atoms with Crippen LogP contribution in [-0.4, -0.2) is 20.3 Å². The van der Waals surface area contributed by atoms with Gasteiger partial charge in [-0.1, -0.05) is 6.07 Å². The highest BCUT2D eigenvalue weighted by Gasteiger charge is 2.39. The van der Waals surface area contributed by atoms with Crippen molar-refractivity contribution in [2.45, 2.75) is 25.7 Å². The molecule has 1 amide bonds. The van der Waals surface area contributed by atoms with Crippen LogP contribution in [0.1, 0.15) is 31.0 Å². The number of nitrogens with zero attached hydrogens (tertiary/aromatic N) is 3. The minimum atomic E-state index is -0.551. The number of imidazole rings is 1. The van der Waals surface area contributed by atoms with Crippen molar-refractivity contribution >= 4 is 28.3 Å². The maximum atomic E-state index is 12.1. The zero-order valence-corrected chi connectivity index (χ0v) is 13.9. The predicted molar refractivity (Wildman–Crippen MR) is 93.7 cm³/mol. The molecule has 4 aromatic rings. The fraction of sp³-hybridized carbons (Fsp3) is 0.211. The van der Waals surface area contributed by atoms with Gasteiger partial charge in [0.1, 0.15) is 11.2 Å². The number of hydrogen-bond acceptors (Lipinski definition) is 4. The van der Waals surface area contributed by atoms with Crippen molar-refractivity contribution in [3.63, 3.8) is 0 Å². The topological polar surface area (TPSA) is 72.4 Å². The van der Waals surface area contributed by atoms with E-state index < -0.39 is 5.41 Å². The maximum Gasteiger partial charge on any atom is 0.234 e. The fourth-order valence-electron chi connectivity index (χ4n) is 3.35. The highest BCUT2D eigenvalue weighted by atomic mass is 16.3. The summed E-state index contributed by atoms with van der Waals surface area (Å²) in [6, 6.07) is 9.69. The number of carbonyl (C=O) groups excluding carboxylic acids is 1. The molecule has 0 unspecified atom stereocenters. The highest BCUT2D eigenvalue weighted by molar-refractivity contribution is 6.07. The van der Waals surface area contributed by atoms with Gasteiger partial charge in [-0.05, 0) is 37.6 Å². The molecule has 0 bridgehead atoms. The second-order valence-corrected chi connectivity index (χ2v) is 6.93. The molecule has 1 N–H and O–H groups in total. The van der Waals surface area contributed by atoms with Gasteiger partial charge in [0.15, 0.2) is 5.58 Å². The quantitative estimate of drug-likeness (QED) is 0.611. The number of oxazole rings is 1. The Hall–Kier alpha value is -3.15. The number of nitrogens with one attached hydrogen (secondary N) is 1. The lowest BCUT2D eigenvalue weighted by Crippen LogP contribution is -2.26. The van der Waals surface area contributed by atoms with E-state index >= 15 is 0 Å². The number of anilines is 1. The third-order valence-corrected chi connectivity index (χ3v) is 4.81. The van der Waals surface area contributed by atoms with Crippen molar-refractivity contribution in [3.05, 3.63) is 59.9 Å². The van der Waals surface area contributed by atoms with Crippen molar-refractivity contribution in [2.75, 3.05) is 5.32 Å². The third kappa shape index (κ3) is 2.07. The Labute approximate surface area is 143 Å². The van der Waals surface area contributed by atoms with Gasteiger partial charge >= 0.3 is 0 Å². The summed E-state index contributed by atoms with van der Waals surface area (Å²) in [4.78, 5) is 21.2. The Kier molecular flexibility index (Phi) is 2.67. The van der Waals surface area contributed by atoms with E-state index in [2.05, 4.69) is 15.3 Å². The van der Waals surface area contributed by atoms with Crippen molar-refractivity contribution in [2.24, 2.45) is 0 Å². The summed E-state index contributed by atoms with van der Waals surface area (Å²) >= 11 is 0. The first-order chi connectivity index (χ1) is 12.0. The van der Waals surface area contributed by atoms with Gasteiger partial charge in [0, 0.05) is 24.1 Å². The number of carbonyl (C=O) groups is 1. The number of benzene rings is 1. The van der Waals surface area contributed by atoms with Crippen LogP contribution in [0.25, 0.3) is 16.7 Å². The largest absolute Gasteiger partial charge is 0.440 e. The normalized spacial score (nSPS) is 15.7. The summed E-state index contributed by atoms with van der Waals surface area (Å²) in [7, 11) is 0. The fourth-order valence-corrected chi connectivity index (χ4v) is 3.35. The average Bonchev–Trinajstić information content (AvgIpc) is 3.21. The summed E-state index contributed by atoms with van der Waals surface area (Å²) in [5.74, 6) is 0.617. The Morgan fingerprint density at radius 1 is 1.24 bits per heavy atom. The van der Waals surface area contributed by atoms with Gasteiger partial charge < -0.3 is 14.1 Å². The number of rotatable bonds is 2. The number of fused-ring (bicyclic) bond motifs is 3. The standard InChI is InChI=1S/C19H16N4O2/c1-19(2)12-8-14-15(9-13(12)22-18(19)24)25-17(21-14)7-11-10-23-6-4-3-5-16(23)20-11/h3-6,8-10H,7H2,1-2H3,(H,22,24). The van der Waals surface area contributed by atoms with E-state index in [9.17, 15) is 4.79 Å². The van der Waals surface area contributed by atoms with Crippen LogP contribution in [0.2, 0.25) is 0 Å². The molecule has 4 heterocycles. The van der Waals surface area contributed by atoms with Gasteiger partial charge in [-0.2, -0.15) is 0 Å². The summed E-state index contributed by atoms with van der Waals surface area (Å²) < 4.78 is 7.86. The van der Waals surface area contributed by atoms with E-state index in [1.54, 1.807) is 0 Å². The van der Waals surface area contributed by atoms with Crippen molar-refractivity contribution in [1.82, 2.24) is 14.4 Å². The monoisotopic (exact) mass is 332 g/mol. The molecule has 1 aromatic carbocycles. The summed E-state index contributed by atoms with van der Waals surface area (Å²) in [6.45, 7) is 3.83. The molecule has 0 saturated carbocycles. The number of aromatic nitrogens is 3. The van der Waals surface area contributed by atoms with Crippen LogP contribution in [0, 0.1) is 0 Å². The molecule has 6 heteroatoms. The van der Waals surface area contributed by atoms with Gasteiger partial charge in [0.2, 0.25) is 11.8 Å². The Morgan fingerprint density at radius 2 is 2.12 bits per heavy atom. The summed E-state index contributed by atoms with van der Waals surface area (Å²) in [5.41, 5.74) is 4.45. The van der Waals surface area contributed by atoms with E-state index in [0.29, 0.717) is 17.9 Å².